The van der Waals surface area contributed by atoms with Crippen LogP contribution >= 0.6 is 11.3 Å². The fraction of sp³-hybridized carbons (Fsp3) is 0.786. The Morgan fingerprint density at radius 1 is 1.32 bits per heavy atom. The van der Waals surface area contributed by atoms with Crippen LogP contribution in [-0.4, -0.2) is 48.7 Å². The van der Waals surface area contributed by atoms with Gasteiger partial charge in [-0.2, -0.15) is 0 Å². The number of thiazole rings is 1. The zero-order valence-electron chi connectivity index (χ0n) is 12.2. The molecular weight excluding hydrogens is 258 g/mol. The van der Waals surface area contributed by atoms with E-state index in [1.807, 2.05) is 0 Å². The lowest BCUT2D eigenvalue weighted by Crippen LogP contribution is -2.32. The molecule has 0 aromatic carbocycles. The maximum atomic E-state index is 10.0. The highest BCUT2D eigenvalue weighted by Crippen LogP contribution is 2.36. The molecule has 0 aliphatic heterocycles. The molecular formula is C14H25N3OS. The molecule has 4 nitrogen and oxygen atoms in total. The Bertz CT molecular complexity index is 405. The zero-order valence-corrected chi connectivity index (χ0v) is 13.0. The van der Waals surface area contributed by atoms with Crippen LogP contribution in [0.4, 0.5) is 5.13 Å². The molecule has 0 bridgehead atoms. The SMILES string of the molecule is CCCN(CCN(C)C)c1nc2c(s1)CCCC2O. The van der Waals surface area contributed by atoms with E-state index in [1.54, 1.807) is 11.3 Å². The van der Waals surface area contributed by atoms with Crippen molar-refractivity contribution in [2.24, 2.45) is 0 Å². The van der Waals surface area contributed by atoms with Gasteiger partial charge in [0.05, 0.1) is 11.8 Å². The molecule has 1 unspecified atom stereocenters. The predicted molar refractivity (Wildman–Crippen MR) is 81.1 cm³/mol. The molecule has 0 amide bonds. The number of fused-ring (bicyclic) bond motifs is 1. The third-order valence-corrected chi connectivity index (χ3v) is 4.69. The van der Waals surface area contributed by atoms with Crippen molar-refractivity contribution in [2.45, 2.75) is 38.7 Å². The van der Waals surface area contributed by atoms with Gasteiger partial charge in [-0.05, 0) is 39.8 Å². The molecule has 1 aromatic rings. The molecule has 1 aliphatic carbocycles. The lowest BCUT2D eigenvalue weighted by molar-refractivity contribution is 0.153. The molecule has 2 rings (SSSR count). The molecule has 0 saturated heterocycles. The summed E-state index contributed by atoms with van der Waals surface area (Å²) in [5.74, 6) is 0. The first-order valence-electron chi connectivity index (χ1n) is 7.19. The van der Waals surface area contributed by atoms with Crippen molar-refractivity contribution in [2.75, 3.05) is 38.6 Å². The van der Waals surface area contributed by atoms with Crippen molar-refractivity contribution >= 4 is 16.5 Å². The molecule has 0 fully saturated rings. The Morgan fingerprint density at radius 2 is 2.11 bits per heavy atom. The minimum atomic E-state index is -0.342. The highest BCUT2D eigenvalue weighted by molar-refractivity contribution is 7.15. The summed E-state index contributed by atoms with van der Waals surface area (Å²) in [6.07, 6.45) is 3.81. The molecule has 108 valence electrons. The predicted octanol–water partition coefficient (Wildman–Crippen LogP) is 2.29. The topological polar surface area (TPSA) is 39.6 Å². The average Bonchev–Trinajstić information content (AvgIpc) is 2.79. The standard InChI is InChI=1S/C14H25N3OS/c1-4-8-17(10-9-16(2)3)14-15-13-11(18)6-5-7-12(13)19-14/h11,18H,4-10H2,1-3H3. The quantitative estimate of drug-likeness (QED) is 0.869. The van der Waals surface area contributed by atoms with E-state index in [0.29, 0.717) is 0 Å². The van der Waals surface area contributed by atoms with Gasteiger partial charge in [-0.15, -0.1) is 11.3 Å². The fourth-order valence-electron chi connectivity index (χ4n) is 2.41. The first kappa shape index (κ1) is 14.8. The van der Waals surface area contributed by atoms with E-state index in [4.69, 9.17) is 4.98 Å². The second kappa shape index (κ2) is 6.68. The van der Waals surface area contributed by atoms with Crippen LogP contribution < -0.4 is 4.90 Å². The smallest absolute Gasteiger partial charge is 0.185 e. The van der Waals surface area contributed by atoms with Crippen molar-refractivity contribution in [1.82, 2.24) is 9.88 Å². The van der Waals surface area contributed by atoms with Crippen LogP contribution in [0.2, 0.25) is 0 Å². The number of aryl methyl sites for hydroxylation is 1. The summed E-state index contributed by atoms with van der Waals surface area (Å²) in [5.41, 5.74) is 0.942. The summed E-state index contributed by atoms with van der Waals surface area (Å²) in [6.45, 7) is 5.28. The lowest BCUT2D eigenvalue weighted by atomic mass is 10.0. The summed E-state index contributed by atoms with van der Waals surface area (Å²) in [5, 5.41) is 11.1. The molecule has 0 radical (unpaired) electrons. The number of aliphatic hydroxyl groups is 1. The number of hydrogen-bond donors (Lipinski definition) is 1. The van der Waals surface area contributed by atoms with Gasteiger partial charge in [0.2, 0.25) is 0 Å². The number of hydrogen-bond acceptors (Lipinski definition) is 5. The second-order valence-corrected chi connectivity index (χ2v) is 6.57. The van der Waals surface area contributed by atoms with Crippen LogP contribution in [0.3, 0.4) is 0 Å². The van der Waals surface area contributed by atoms with Crippen LogP contribution in [0.5, 0.6) is 0 Å². The van der Waals surface area contributed by atoms with E-state index < -0.39 is 0 Å². The highest BCUT2D eigenvalue weighted by Gasteiger charge is 2.24. The second-order valence-electron chi connectivity index (χ2n) is 5.50. The summed E-state index contributed by atoms with van der Waals surface area (Å²) in [6, 6.07) is 0. The van der Waals surface area contributed by atoms with Gasteiger partial charge in [-0.1, -0.05) is 6.92 Å². The van der Waals surface area contributed by atoms with Gasteiger partial charge < -0.3 is 14.9 Å². The normalized spacial score (nSPS) is 18.7. The Labute approximate surface area is 120 Å². The monoisotopic (exact) mass is 283 g/mol. The molecule has 5 heteroatoms. The minimum Gasteiger partial charge on any atom is -0.387 e. The number of anilines is 1. The van der Waals surface area contributed by atoms with E-state index in [1.165, 1.54) is 4.88 Å². The molecule has 19 heavy (non-hydrogen) atoms. The summed E-state index contributed by atoms with van der Waals surface area (Å²) < 4.78 is 0. The highest BCUT2D eigenvalue weighted by atomic mass is 32.1. The first-order chi connectivity index (χ1) is 9.11. The van der Waals surface area contributed by atoms with Gasteiger partial charge in [0.25, 0.3) is 0 Å². The van der Waals surface area contributed by atoms with Crippen LogP contribution in [0, 0.1) is 0 Å². The van der Waals surface area contributed by atoms with Gasteiger partial charge in [0.15, 0.2) is 5.13 Å². The van der Waals surface area contributed by atoms with Gasteiger partial charge in [0, 0.05) is 24.5 Å². The number of aromatic nitrogens is 1. The lowest BCUT2D eigenvalue weighted by Gasteiger charge is -2.23. The minimum absolute atomic E-state index is 0.342. The Hall–Kier alpha value is -0.650. The van der Waals surface area contributed by atoms with Crippen LogP contribution in [-0.2, 0) is 6.42 Å². The molecule has 0 spiro atoms. The molecule has 1 N–H and O–H groups in total. The van der Waals surface area contributed by atoms with E-state index >= 15 is 0 Å². The fourth-order valence-corrected chi connectivity index (χ4v) is 3.62. The van der Waals surface area contributed by atoms with Crippen molar-refractivity contribution in [3.63, 3.8) is 0 Å². The van der Waals surface area contributed by atoms with E-state index in [9.17, 15) is 5.11 Å². The number of likely N-dealkylation sites (N-methyl/N-ethyl adjacent to an activating group) is 1. The Kier molecular flexibility index (Phi) is 5.19. The van der Waals surface area contributed by atoms with Gasteiger partial charge in [0.1, 0.15) is 0 Å². The Morgan fingerprint density at radius 3 is 2.74 bits per heavy atom. The summed E-state index contributed by atoms with van der Waals surface area (Å²) in [7, 11) is 4.20. The van der Waals surface area contributed by atoms with Crippen molar-refractivity contribution in [1.29, 1.82) is 0 Å². The third-order valence-electron chi connectivity index (χ3n) is 3.49. The van der Waals surface area contributed by atoms with E-state index in [-0.39, 0.29) is 6.10 Å². The van der Waals surface area contributed by atoms with Gasteiger partial charge in [-0.3, -0.25) is 0 Å². The summed E-state index contributed by atoms with van der Waals surface area (Å²) in [4.78, 5) is 10.6. The number of rotatable bonds is 6. The third kappa shape index (κ3) is 3.68. The van der Waals surface area contributed by atoms with Crippen LogP contribution in [0.15, 0.2) is 0 Å². The van der Waals surface area contributed by atoms with Crippen molar-refractivity contribution in [3.05, 3.63) is 10.6 Å². The molecule has 1 heterocycles. The molecule has 0 saturated carbocycles. The van der Waals surface area contributed by atoms with Gasteiger partial charge in [-0.25, -0.2) is 4.98 Å². The van der Waals surface area contributed by atoms with Crippen LogP contribution in [0.1, 0.15) is 42.9 Å². The zero-order chi connectivity index (χ0) is 13.8. The maximum Gasteiger partial charge on any atom is 0.185 e. The first-order valence-corrected chi connectivity index (χ1v) is 8.00. The molecule has 1 aliphatic rings. The molecule has 1 atom stereocenters. The van der Waals surface area contributed by atoms with Gasteiger partial charge >= 0.3 is 0 Å². The van der Waals surface area contributed by atoms with E-state index in [2.05, 4.69) is 30.8 Å². The number of aliphatic hydroxyl groups excluding tert-OH is 1. The average molecular weight is 283 g/mol. The van der Waals surface area contributed by atoms with Crippen LogP contribution in [0.25, 0.3) is 0 Å². The van der Waals surface area contributed by atoms with Crippen molar-refractivity contribution < 1.29 is 5.11 Å². The largest absolute Gasteiger partial charge is 0.387 e. The maximum absolute atomic E-state index is 10.0. The summed E-state index contributed by atoms with van der Waals surface area (Å²) >= 11 is 1.78. The molecule has 1 aromatic heterocycles. The van der Waals surface area contributed by atoms with Crippen molar-refractivity contribution in [3.8, 4) is 0 Å². The Balaban J connectivity index is 2.12. The number of nitrogens with zero attached hydrogens (tertiary/aromatic N) is 3. The van der Waals surface area contributed by atoms with E-state index in [0.717, 1.165) is 56.1 Å².